The lowest BCUT2D eigenvalue weighted by Crippen LogP contribution is -2.57. The third-order valence-corrected chi connectivity index (χ3v) is 10.3. The summed E-state index contributed by atoms with van der Waals surface area (Å²) in [7, 11) is 0. The molecule has 0 bridgehead atoms. The number of likely N-dealkylation sites (tertiary alicyclic amines) is 2. The van der Waals surface area contributed by atoms with E-state index >= 15 is 0 Å². The minimum absolute atomic E-state index is 0.0608. The van der Waals surface area contributed by atoms with Crippen molar-refractivity contribution in [2.45, 2.75) is 62.8 Å². The first-order valence-corrected chi connectivity index (χ1v) is 16.5. The molecule has 2 aromatic rings. The van der Waals surface area contributed by atoms with Gasteiger partial charge in [0.2, 0.25) is 0 Å². The highest BCUT2D eigenvalue weighted by atomic mass is 35.5. The van der Waals surface area contributed by atoms with Crippen molar-refractivity contribution < 1.29 is 33.0 Å². The van der Waals surface area contributed by atoms with Gasteiger partial charge in [-0.2, -0.15) is 13.2 Å². The maximum absolute atomic E-state index is 14.1. The number of aliphatic hydroxyl groups excluding tert-OH is 1. The number of piperidine rings is 2. The minimum Gasteiger partial charge on any atom is -0.394 e. The zero-order valence-electron chi connectivity index (χ0n) is 24.7. The van der Waals surface area contributed by atoms with Gasteiger partial charge in [0.1, 0.15) is 0 Å². The lowest BCUT2D eigenvalue weighted by molar-refractivity contribution is -0.262. The Morgan fingerprint density at radius 1 is 0.844 bits per heavy atom. The number of benzene rings is 2. The first-order chi connectivity index (χ1) is 21.3. The lowest BCUT2D eigenvalue weighted by atomic mass is 9.82. The molecule has 0 spiro atoms. The number of aliphatic hydroxyl groups is 2. The summed E-state index contributed by atoms with van der Waals surface area (Å²) in [5, 5.41) is 20.5. The zero-order valence-corrected chi connectivity index (χ0v) is 27.0. The summed E-state index contributed by atoms with van der Waals surface area (Å²) in [6.07, 6.45) is 0.273. The van der Waals surface area contributed by atoms with Gasteiger partial charge in [-0.3, -0.25) is 9.59 Å². The van der Waals surface area contributed by atoms with Crippen LogP contribution in [-0.2, 0) is 10.4 Å². The molecule has 3 fully saturated rings. The van der Waals surface area contributed by atoms with Crippen LogP contribution in [0.15, 0.2) is 36.4 Å². The molecule has 246 valence electrons. The Labute approximate surface area is 275 Å². The number of hydrogen-bond acceptors (Lipinski definition) is 5. The van der Waals surface area contributed by atoms with E-state index < -0.39 is 23.2 Å². The molecule has 3 aliphatic heterocycles. The largest absolute Gasteiger partial charge is 0.430 e. The minimum atomic E-state index is -5.26. The zero-order chi connectivity index (χ0) is 32.5. The predicted molar refractivity (Wildman–Crippen MR) is 168 cm³/mol. The average Bonchev–Trinajstić information content (AvgIpc) is 3.49. The SMILES string of the molecule is O=C(c1ccc(N2CCC(CC3CCN(C(=O)C(O)(c4cc(Cl)cc(Cl)c4)C(F)(F)F)CC3)CC2)cc1Cl)N1CCC[C@@H]1CO. The fourth-order valence-electron chi connectivity index (χ4n) is 6.99. The number of anilines is 1. The molecule has 1 unspecified atom stereocenters. The van der Waals surface area contributed by atoms with Crippen molar-refractivity contribution in [2.75, 3.05) is 44.2 Å². The molecule has 0 aliphatic carbocycles. The van der Waals surface area contributed by atoms with E-state index in [0.29, 0.717) is 35.9 Å². The highest BCUT2D eigenvalue weighted by molar-refractivity contribution is 6.35. The Morgan fingerprint density at radius 2 is 1.44 bits per heavy atom. The van der Waals surface area contributed by atoms with Gasteiger partial charge < -0.3 is 24.9 Å². The molecule has 5 rings (SSSR count). The van der Waals surface area contributed by atoms with Gasteiger partial charge in [-0.1, -0.05) is 34.8 Å². The Kier molecular flexibility index (Phi) is 10.5. The van der Waals surface area contributed by atoms with Crippen LogP contribution in [0.5, 0.6) is 0 Å². The second kappa shape index (κ2) is 13.9. The number of carbonyl (C=O) groups is 2. The summed E-state index contributed by atoms with van der Waals surface area (Å²) in [5.41, 5.74) is -3.06. The first kappa shape index (κ1) is 34.1. The van der Waals surface area contributed by atoms with Crippen molar-refractivity contribution in [2.24, 2.45) is 11.8 Å². The second-order valence-electron chi connectivity index (χ2n) is 12.4. The topological polar surface area (TPSA) is 84.3 Å². The predicted octanol–water partition coefficient (Wildman–Crippen LogP) is 6.54. The average molecular weight is 691 g/mol. The van der Waals surface area contributed by atoms with E-state index in [1.807, 2.05) is 12.1 Å². The molecule has 3 heterocycles. The van der Waals surface area contributed by atoms with E-state index in [1.165, 1.54) is 6.07 Å². The summed E-state index contributed by atoms with van der Waals surface area (Å²) in [6, 6.07) is 8.40. The quantitative estimate of drug-likeness (QED) is 0.345. The van der Waals surface area contributed by atoms with E-state index in [1.54, 1.807) is 11.0 Å². The van der Waals surface area contributed by atoms with E-state index in [4.69, 9.17) is 34.8 Å². The van der Waals surface area contributed by atoms with Gasteiger partial charge in [0.05, 0.1) is 23.2 Å². The number of alkyl halides is 3. The van der Waals surface area contributed by atoms with Crippen LogP contribution in [0.4, 0.5) is 18.9 Å². The number of rotatable bonds is 7. The van der Waals surface area contributed by atoms with Crippen molar-refractivity contribution >= 4 is 52.3 Å². The summed E-state index contributed by atoms with van der Waals surface area (Å²) in [6.45, 7) is 2.41. The summed E-state index contributed by atoms with van der Waals surface area (Å²) >= 11 is 18.3. The highest BCUT2D eigenvalue weighted by Gasteiger charge is 2.62. The van der Waals surface area contributed by atoms with Gasteiger partial charge in [-0.15, -0.1) is 0 Å². The van der Waals surface area contributed by atoms with Crippen LogP contribution in [0.3, 0.4) is 0 Å². The fourth-order valence-corrected chi connectivity index (χ4v) is 7.77. The highest BCUT2D eigenvalue weighted by Crippen LogP contribution is 2.43. The van der Waals surface area contributed by atoms with Crippen LogP contribution < -0.4 is 4.90 Å². The molecule has 3 aliphatic rings. The first-order valence-electron chi connectivity index (χ1n) is 15.3. The van der Waals surface area contributed by atoms with Gasteiger partial charge in [0.15, 0.2) is 0 Å². The van der Waals surface area contributed by atoms with Crippen LogP contribution in [0.1, 0.15) is 60.9 Å². The van der Waals surface area contributed by atoms with Crippen LogP contribution in [0, 0.1) is 11.8 Å². The summed E-state index contributed by atoms with van der Waals surface area (Å²) < 4.78 is 42.4. The summed E-state index contributed by atoms with van der Waals surface area (Å²) in [4.78, 5) is 31.2. The number of halogens is 6. The smallest absolute Gasteiger partial charge is 0.394 e. The molecule has 13 heteroatoms. The third kappa shape index (κ3) is 7.20. The molecule has 3 saturated heterocycles. The van der Waals surface area contributed by atoms with Crippen LogP contribution in [0.25, 0.3) is 0 Å². The molecule has 7 nitrogen and oxygen atoms in total. The van der Waals surface area contributed by atoms with Crippen molar-refractivity contribution in [3.05, 3.63) is 62.6 Å². The molecule has 45 heavy (non-hydrogen) atoms. The Morgan fingerprint density at radius 3 is 2.00 bits per heavy atom. The van der Waals surface area contributed by atoms with E-state index in [2.05, 4.69) is 4.90 Å². The molecule has 2 atom stereocenters. The van der Waals surface area contributed by atoms with Gasteiger partial charge in [0, 0.05) is 54.0 Å². The number of nitrogens with zero attached hydrogens (tertiary/aromatic N) is 3. The molecule has 2 amide bonds. The van der Waals surface area contributed by atoms with Crippen molar-refractivity contribution in [1.29, 1.82) is 0 Å². The Bertz CT molecular complexity index is 1380. The van der Waals surface area contributed by atoms with E-state index in [-0.39, 0.29) is 47.6 Å². The second-order valence-corrected chi connectivity index (χ2v) is 13.7. The third-order valence-electron chi connectivity index (χ3n) is 9.58. The summed E-state index contributed by atoms with van der Waals surface area (Å²) in [5.74, 6) is -0.874. The Balaban J connectivity index is 1.13. The molecule has 0 saturated carbocycles. The van der Waals surface area contributed by atoms with Crippen molar-refractivity contribution in [3.8, 4) is 0 Å². The van der Waals surface area contributed by atoms with Crippen LogP contribution >= 0.6 is 34.8 Å². The lowest BCUT2D eigenvalue weighted by Gasteiger charge is -2.40. The molecule has 2 aromatic carbocycles. The number of hydrogen-bond donors (Lipinski definition) is 2. The monoisotopic (exact) mass is 689 g/mol. The standard InChI is InChI=1S/C32H37Cl3F3N3O4/c33-23-15-22(16-24(34)17-23)31(45,32(36,37)38)30(44)40-12-7-21(8-13-40)14-20-5-10-39(11-6-20)25-3-4-27(28(35)18-25)29(43)41-9-1-2-26(41)19-42/h3-4,15-18,20-21,26,42,45H,1-2,5-14,19H2/t26-,31?/m1/s1. The molecule has 0 radical (unpaired) electrons. The van der Waals surface area contributed by atoms with E-state index in [9.17, 15) is 33.0 Å². The van der Waals surface area contributed by atoms with Gasteiger partial charge in [0.25, 0.3) is 17.4 Å². The maximum Gasteiger partial charge on any atom is 0.430 e. The van der Waals surface area contributed by atoms with Crippen LogP contribution in [-0.4, -0.2) is 83.4 Å². The van der Waals surface area contributed by atoms with Gasteiger partial charge in [-0.25, -0.2) is 0 Å². The van der Waals surface area contributed by atoms with Gasteiger partial charge in [-0.05, 0) is 93.2 Å². The molecule has 2 N–H and O–H groups in total. The number of amides is 2. The molecule has 0 aromatic heterocycles. The number of carbonyl (C=O) groups excluding carboxylic acids is 2. The molecular formula is C32H37Cl3F3N3O4. The molecular weight excluding hydrogens is 654 g/mol. The fraction of sp³-hybridized carbons (Fsp3) is 0.562. The maximum atomic E-state index is 14.1. The van der Waals surface area contributed by atoms with Crippen molar-refractivity contribution in [3.63, 3.8) is 0 Å². The van der Waals surface area contributed by atoms with Gasteiger partial charge >= 0.3 is 6.18 Å². The van der Waals surface area contributed by atoms with E-state index in [0.717, 1.165) is 67.9 Å². The van der Waals surface area contributed by atoms with Crippen LogP contribution in [0.2, 0.25) is 15.1 Å². The Hall–Kier alpha value is -2.24. The van der Waals surface area contributed by atoms with Crippen molar-refractivity contribution in [1.82, 2.24) is 9.80 Å². The normalized spacial score (nSPS) is 21.7.